The number of allylic oxidation sites excluding steroid dienone is 2. The second-order valence-corrected chi connectivity index (χ2v) is 8.31. The van der Waals surface area contributed by atoms with Gasteiger partial charge < -0.3 is 14.0 Å². The van der Waals surface area contributed by atoms with Crippen molar-refractivity contribution in [1.82, 2.24) is 0 Å². The first-order valence-corrected chi connectivity index (χ1v) is 10.2. The van der Waals surface area contributed by atoms with Gasteiger partial charge in [-0.3, -0.25) is 4.79 Å². The number of fused-ring (bicyclic) bond motifs is 1. The van der Waals surface area contributed by atoms with E-state index in [4.69, 9.17) is 9.84 Å². The number of rotatable bonds is 8. The molecular weight excluding hydrogens is 448 g/mol. The first-order chi connectivity index (χ1) is 14.2. The van der Waals surface area contributed by atoms with Crippen LogP contribution in [0.3, 0.4) is 0 Å². The second-order valence-electron chi connectivity index (χ2n) is 6.77. The fraction of sp³-hybridized carbons (Fsp3) is 0.368. The van der Waals surface area contributed by atoms with E-state index in [0.29, 0.717) is 5.57 Å². The van der Waals surface area contributed by atoms with Gasteiger partial charge in [-0.25, -0.2) is 9.18 Å². The third kappa shape index (κ3) is 5.06. The molecule has 0 aromatic heterocycles. The molecule has 0 unspecified atom stereocenters. The Bertz CT molecular complexity index is 1090. The Hall–Kier alpha value is -2.89. The minimum absolute atomic E-state index is 0.0125. The molecule has 1 aromatic rings. The molecule has 0 saturated carbocycles. The molecule has 0 radical (unpaired) electrons. The van der Waals surface area contributed by atoms with Gasteiger partial charge in [0.1, 0.15) is 18.0 Å². The van der Waals surface area contributed by atoms with E-state index in [2.05, 4.69) is 10.8 Å². The number of carboxylic acid groups (broad SMARTS) is 1. The van der Waals surface area contributed by atoms with Crippen molar-refractivity contribution in [3.05, 3.63) is 46.0 Å². The lowest BCUT2D eigenvalue weighted by molar-refractivity contribution is -0.136. The van der Waals surface area contributed by atoms with Gasteiger partial charge >= 0.3 is 27.6 Å². The van der Waals surface area contributed by atoms with Crippen LogP contribution in [0.2, 0.25) is 0 Å². The Morgan fingerprint density at radius 1 is 1.32 bits per heavy atom. The number of aliphatic carboxylic acids is 1. The zero-order valence-corrected chi connectivity index (χ0v) is 17.2. The summed E-state index contributed by atoms with van der Waals surface area (Å²) in [5, 5.41) is 8.75. The lowest BCUT2D eigenvalue weighted by Crippen LogP contribution is -2.29. The van der Waals surface area contributed by atoms with Gasteiger partial charge in [-0.15, -0.1) is 0 Å². The van der Waals surface area contributed by atoms with Gasteiger partial charge in [-0.05, 0) is 32.3 Å². The molecule has 1 aliphatic heterocycles. The number of carboxylic acids is 1. The second kappa shape index (κ2) is 8.69. The van der Waals surface area contributed by atoms with Crippen molar-refractivity contribution in [1.29, 1.82) is 0 Å². The molecule has 1 heterocycles. The Morgan fingerprint density at radius 2 is 1.94 bits per heavy atom. The number of cyclic esters (lactones) is 1. The Labute approximate surface area is 175 Å². The van der Waals surface area contributed by atoms with E-state index in [1.807, 2.05) is 0 Å². The summed E-state index contributed by atoms with van der Waals surface area (Å²) in [5.74, 6) is -4.27. The summed E-state index contributed by atoms with van der Waals surface area (Å²) in [4.78, 5) is 22.8. The van der Waals surface area contributed by atoms with Crippen LogP contribution >= 0.6 is 0 Å². The maximum atomic E-state index is 14.3. The number of carbonyl (C=O) groups excluding carboxylic acids is 1. The maximum Gasteiger partial charge on any atom is 0.534 e. The van der Waals surface area contributed by atoms with E-state index in [1.54, 1.807) is 0 Å². The van der Waals surface area contributed by atoms with Gasteiger partial charge in [-0.1, -0.05) is 18.2 Å². The number of halogens is 4. The Morgan fingerprint density at radius 3 is 2.45 bits per heavy atom. The molecule has 0 saturated heterocycles. The van der Waals surface area contributed by atoms with Gasteiger partial charge in [0.15, 0.2) is 5.75 Å². The number of hydrogen-bond acceptors (Lipinski definition) is 6. The molecular formula is C19H18F4O7S. The van der Waals surface area contributed by atoms with Gasteiger partial charge in [0, 0.05) is 23.1 Å². The van der Waals surface area contributed by atoms with Crippen LogP contribution in [0, 0.1) is 6.92 Å². The molecule has 7 nitrogen and oxygen atoms in total. The Balaban J connectivity index is 2.74. The molecule has 0 fully saturated rings. The molecule has 0 bridgehead atoms. The number of hydrogen-bond donors (Lipinski definition) is 1. The number of ether oxygens (including phenoxy) is 1. The van der Waals surface area contributed by atoms with Crippen molar-refractivity contribution < 1.29 is 49.6 Å². The molecule has 12 heteroatoms. The summed E-state index contributed by atoms with van der Waals surface area (Å²) in [6.07, 6.45) is 0.883. The molecule has 31 heavy (non-hydrogen) atoms. The molecule has 1 aliphatic rings. The standard InChI is InChI=1S/C19H18F4O7S/c1-9(5-7-14(24)25)4-6-12-15(11(3)20)10(2)13-8-29-18(26)16(13)17(12)30-31(27,28)19(21,22)23/h4H,3,5-8H2,1-2H3,(H,24,25)/b9-4+. The SMILES string of the molecule is C=C(F)c1c(C)c2c(c(OS(=O)(=O)C(F)(F)F)c1C/C=C(\C)CCC(=O)O)C(=O)OC2. The number of esters is 1. The summed E-state index contributed by atoms with van der Waals surface area (Å²) in [6, 6.07) is 0. The normalized spacial score (nSPS) is 14.3. The van der Waals surface area contributed by atoms with Crippen molar-refractivity contribution in [3.63, 3.8) is 0 Å². The quantitative estimate of drug-likeness (QED) is 0.201. The van der Waals surface area contributed by atoms with Crippen LogP contribution in [0.15, 0.2) is 18.2 Å². The molecule has 0 amide bonds. The third-order valence-corrected chi connectivity index (χ3v) is 5.57. The number of alkyl halides is 3. The summed E-state index contributed by atoms with van der Waals surface area (Å²) < 4.78 is 85.6. The van der Waals surface area contributed by atoms with Crippen LogP contribution in [0.5, 0.6) is 5.75 Å². The number of carbonyl (C=O) groups is 2. The van der Waals surface area contributed by atoms with E-state index in [9.17, 15) is 35.6 Å². The molecule has 1 aromatic carbocycles. The molecule has 0 spiro atoms. The topological polar surface area (TPSA) is 107 Å². The van der Waals surface area contributed by atoms with Crippen LogP contribution in [0.1, 0.15) is 52.4 Å². The van der Waals surface area contributed by atoms with Crippen LogP contribution in [-0.2, 0) is 32.7 Å². The summed E-state index contributed by atoms with van der Waals surface area (Å²) >= 11 is 0. The van der Waals surface area contributed by atoms with E-state index >= 15 is 0 Å². The maximum absolute atomic E-state index is 14.3. The van der Waals surface area contributed by atoms with E-state index in [1.165, 1.54) is 19.9 Å². The zero-order chi connectivity index (χ0) is 23.7. The molecule has 1 N–H and O–H groups in total. The molecule has 170 valence electrons. The van der Waals surface area contributed by atoms with E-state index in [-0.39, 0.29) is 41.5 Å². The minimum atomic E-state index is -6.19. The molecule has 2 rings (SSSR count). The monoisotopic (exact) mass is 466 g/mol. The first-order valence-electron chi connectivity index (χ1n) is 8.75. The van der Waals surface area contributed by atoms with Crippen molar-refractivity contribution in [2.24, 2.45) is 0 Å². The summed E-state index contributed by atoms with van der Waals surface area (Å²) in [6.45, 7) is 5.66. The smallest absolute Gasteiger partial charge is 0.481 e. The fourth-order valence-electron chi connectivity index (χ4n) is 3.07. The van der Waals surface area contributed by atoms with Crippen molar-refractivity contribution in [3.8, 4) is 5.75 Å². The van der Waals surface area contributed by atoms with E-state index in [0.717, 1.165) is 0 Å². The van der Waals surface area contributed by atoms with Crippen molar-refractivity contribution in [2.45, 2.75) is 45.2 Å². The minimum Gasteiger partial charge on any atom is -0.481 e. The third-order valence-electron chi connectivity index (χ3n) is 4.62. The van der Waals surface area contributed by atoms with Crippen LogP contribution in [-0.4, -0.2) is 31.0 Å². The predicted molar refractivity (Wildman–Crippen MR) is 100 cm³/mol. The van der Waals surface area contributed by atoms with E-state index < -0.39 is 51.3 Å². The first kappa shape index (κ1) is 24.4. The highest BCUT2D eigenvalue weighted by atomic mass is 32.2. The van der Waals surface area contributed by atoms with Gasteiger partial charge in [0.05, 0.1) is 0 Å². The lowest BCUT2D eigenvalue weighted by Gasteiger charge is -2.19. The Kier molecular flexibility index (Phi) is 6.84. The number of benzene rings is 1. The highest BCUT2D eigenvalue weighted by Gasteiger charge is 2.50. The average molecular weight is 466 g/mol. The predicted octanol–water partition coefficient (Wildman–Crippen LogP) is 4.19. The van der Waals surface area contributed by atoms with Gasteiger partial charge in [0.25, 0.3) is 0 Å². The highest BCUT2D eigenvalue weighted by Crippen LogP contribution is 2.43. The average Bonchev–Trinajstić information content (AvgIpc) is 3.01. The van der Waals surface area contributed by atoms with Gasteiger partial charge in [0.2, 0.25) is 0 Å². The molecule has 0 atom stereocenters. The summed E-state index contributed by atoms with van der Waals surface area (Å²) in [5.41, 5.74) is -6.40. The highest BCUT2D eigenvalue weighted by molar-refractivity contribution is 7.88. The van der Waals surface area contributed by atoms with Crippen molar-refractivity contribution >= 4 is 27.9 Å². The summed E-state index contributed by atoms with van der Waals surface area (Å²) in [7, 11) is -6.19. The molecule has 0 aliphatic carbocycles. The lowest BCUT2D eigenvalue weighted by atomic mass is 9.89. The van der Waals surface area contributed by atoms with Crippen LogP contribution < -0.4 is 4.18 Å². The van der Waals surface area contributed by atoms with Gasteiger partial charge in [-0.2, -0.15) is 21.6 Å². The zero-order valence-electron chi connectivity index (χ0n) is 16.4. The van der Waals surface area contributed by atoms with Crippen LogP contribution in [0.25, 0.3) is 5.83 Å². The largest absolute Gasteiger partial charge is 0.534 e. The van der Waals surface area contributed by atoms with Crippen LogP contribution in [0.4, 0.5) is 17.6 Å². The fourth-order valence-corrected chi connectivity index (χ4v) is 3.56. The van der Waals surface area contributed by atoms with Crippen molar-refractivity contribution in [2.75, 3.05) is 0 Å².